The van der Waals surface area contributed by atoms with E-state index in [9.17, 15) is 4.79 Å². The second-order valence-electron chi connectivity index (χ2n) is 7.97. The Balaban J connectivity index is 1.48. The first-order valence-corrected chi connectivity index (χ1v) is 10.7. The van der Waals surface area contributed by atoms with Crippen LogP contribution in [0.1, 0.15) is 41.6 Å². The van der Waals surface area contributed by atoms with E-state index in [1.54, 1.807) is 0 Å². The summed E-state index contributed by atoms with van der Waals surface area (Å²) >= 11 is 0. The highest BCUT2D eigenvalue weighted by molar-refractivity contribution is 6.00. The molecule has 4 heteroatoms. The lowest BCUT2D eigenvalue weighted by molar-refractivity contribution is 0.0747. The van der Waals surface area contributed by atoms with Gasteiger partial charge in [-0.1, -0.05) is 55.3 Å². The molecule has 1 fully saturated rings. The van der Waals surface area contributed by atoms with Crippen LogP contribution in [-0.4, -0.2) is 55.0 Å². The van der Waals surface area contributed by atoms with E-state index in [1.165, 1.54) is 44.3 Å². The number of rotatable bonds is 5. The molecule has 0 aromatic heterocycles. The molecular weight excluding hydrogens is 346 g/mol. The van der Waals surface area contributed by atoms with Crippen LogP contribution in [0.2, 0.25) is 0 Å². The summed E-state index contributed by atoms with van der Waals surface area (Å²) in [5.41, 5.74) is 3.18. The zero-order valence-electron chi connectivity index (χ0n) is 16.7. The van der Waals surface area contributed by atoms with Gasteiger partial charge in [0.2, 0.25) is 0 Å². The van der Waals surface area contributed by atoms with Crippen molar-refractivity contribution in [3.05, 3.63) is 65.7 Å². The lowest BCUT2D eigenvalue weighted by atomic mass is 10.1. The van der Waals surface area contributed by atoms with Gasteiger partial charge in [-0.15, -0.1) is 0 Å². The van der Waals surface area contributed by atoms with Gasteiger partial charge in [0.1, 0.15) is 0 Å². The van der Waals surface area contributed by atoms with Gasteiger partial charge in [-0.25, -0.2) is 0 Å². The third-order valence-corrected chi connectivity index (χ3v) is 6.00. The lowest BCUT2D eigenvalue weighted by Gasteiger charge is -2.27. The minimum absolute atomic E-state index is 0.181. The standard InChI is InChI=1S/C24H31N3O/c28-24-22-12-6-7-13-23(22)27(20-21-10-4-3-5-11-21)19-18-26(24)17-16-25-14-8-1-2-9-15-25/h3-7,10-13H,1-2,8-9,14-20H2. The highest BCUT2D eigenvalue weighted by Gasteiger charge is 2.26. The van der Waals surface area contributed by atoms with E-state index in [4.69, 9.17) is 0 Å². The molecule has 0 bridgehead atoms. The molecule has 1 amide bonds. The maximum atomic E-state index is 13.3. The Morgan fingerprint density at radius 1 is 0.679 bits per heavy atom. The second kappa shape index (κ2) is 9.24. The minimum Gasteiger partial charge on any atom is -0.365 e. The maximum Gasteiger partial charge on any atom is 0.256 e. The molecule has 2 aromatic carbocycles. The smallest absolute Gasteiger partial charge is 0.256 e. The van der Waals surface area contributed by atoms with E-state index in [0.29, 0.717) is 0 Å². The first-order valence-electron chi connectivity index (χ1n) is 10.7. The van der Waals surface area contributed by atoms with Crippen molar-refractivity contribution < 1.29 is 4.79 Å². The van der Waals surface area contributed by atoms with Crippen LogP contribution < -0.4 is 4.90 Å². The normalized spacial score (nSPS) is 18.5. The topological polar surface area (TPSA) is 26.8 Å². The Kier molecular flexibility index (Phi) is 6.27. The summed E-state index contributed by atoms with van der Waals surface area (Å²) < 4.78 is 0. The number of carbonyl (C=O) groups excluding carboxylic acids is 1. The van der Waals surface area contributed by atoms with Gasteiger partial charge in [-0.2, -0.15) is 0 Å². The Labute approximate surface area is 168 Å². The molecule has 0 N–H and O–H groups in total. The number of carbonyl (C=O) groups is 1. The third kappa shape index (κ3) is 4.56. The average Bonchev–Trinajstić information content (AvgIpc) is 3.07. The van der Waals surface area contributed by atoms with Crippen molar-refractivity contribution in [2.75, 3.05) is 44.2 Å². The fraction of sp³-hybridized carbons (Fsp3) is 0.458. The van der Waals surface area contributed by atoms with Gasteiger partial charge < -0.3 is 14.7 Å². The molecule has 0 atom stereocenters. The van der Waals surface area contributed by atoms with Crippen molar-refractivity contribution >= 4 is 11.6 Å². The van der Waals surface area contributed by atoms with Gasteiger partial charge in [-0.3, -0.25) is 4.79 Å². The molecule has 2 heterocycles. The van der Waals surface area contributed by atoms with Crippen molar-refractivity contribution in [2.24, 2.45) is 0 Å². The van der Waals surface area contributed by atoms with Gasteiger partial charge >= 0.3 is 0 Å². The number of fused-ring (bicyclic) bond motifs is 1. The third-order valence-electron chi connectivity index (χ3n) is 6.00. The number of hydrogen-bond donors (Lipinski definition) is 0. The van der Waals surface area contributed by atoms with Crippen LogP contribution in [0.4, 0.5) is 5.69 Å². The maximum absolute atomic E-state index is 13.3. The van der Waals surface area contributed by atoms with Crippen molar-refractivity contribution in [3.63, 3.8) is 0 Å². The summed E-state index contributed by atoms with van der Waals surface area (Å²) in [4.78, 5) is 20.2. The van der Waals surface area contributed by atoms with E-state index in [-0.39, 0.29) is 5.91 Å². The first kappa shape index (κ1) is 19.0. The van der Waals surface area contributed by atoms with Crippen molar-refractivity contribution in [1.29, 1.82) is 0 Å². The molecule has 4 rings (SSSR count). The zero-order chi connectivity index (χ0) is 19.2. The van der Waals surface area contributed by atoms with E-state index < -0.39 is 0 Å². The summed E-state index contributed by atoms with van der Waals surface area (Å²) in [6.07, 6.45) is 5.28. The summed E-state index contributed by atoms with van der Waals surface area (Å²) in [6.45, 7) is 6.67. The molecule has 0 radical (unpaired) electrons. The first-order chi connectivity index (χ1) is 13.8. The predicted molar refractivity (Wildman–Crippen MR) is 115 cm³/mol. The van der Waals surface area contributed by atoms with Crippen molar-refractivity contribution in [2.45, 2.75) is 32.2 Å². The SMILES string of the molecule is O=C1c2ccccc2N(Cc2ccccc2)CCN1CCN1CCCCCC1. The van der Waals surface area contributed by atoms with Crippen LogP contribution >= 0.6 is 0 Å². The van der Waals surface area contributed by atoms with Gasteiger partial charge in [0.15, 0.2) is 0 Å². The van der Waals surface area contributed by atoms with Crippen LogP contribution in [0.15, 0.2) is 54.6 Å². The van der Waals surface area contributed by atoms with Gasteiger partial charge in [0.25, 0.3) is 5.91 Å². The van der Waals surface area contributed by atoms with Crippen molar-refractivity contribution in [3.8, 4) is 0 Å². The largest absolute Gasteiger partial charge is 0.365 e. The molecular formula is C24H31N3O. The number of amides is 1. The number of hydrogen-bond acceptors (Lipinski definition) is 3. The van der Waals surface area contributed by atoms with Crippen molar-refractivity contribution in [1.82, 2.24) is 9.80 Å². The van der Waals surface area contributed by atoms with E-state index in [0.717, 1.165) is 44.0 Å². The Morgan fingerprint density at radius 3 is 2.14 bits per heavy atom. The van der Waals surface area contributed by atoms with Crippen LogP contribution in [0.3, 0.4) is 0 Å². The fourth-order valence-corrected chi connectivity index (χ4v) is 4.37. The van der Waals surface area contributed by atoms with Crippen LogP contribution in [0, 0.1) is 0 Å². The second-order valence-corrected chi connectivity index (χ2v) is 7.97. The molecule has 0 saturated carbocycles. The summed E-state index contributed by atoms with van der Waals surface area (Å²) in [5, 5.41) is 0. The quantitative estimate of drug-likeness (QED) is 0.787. The van der Waals surface area contributed by atoms with Crippen LogP contribution in [-0.2, 0) is 6.54 Å². The fourth-order valence-electron chi connectivity index (χ4n) is 4.37. The van der Waals surface area contributed by atoms with E-state index >= 15 is 0 Å². The van der Waals surface area contributed by atoms with Gasteiger partial charge in [0.05, 0.1) is 5.56 Å². The molecule has 2 aromatic rings. The average molecular weight is 378 g/mol. The predicted octanol–water partition coefficient (Wildman–Crippen LogP) is 4.03. The van der Waals surface area contributed by atoms with Gasteiger partial charge in [-0.05, 0) is 43.6 Å². The molecule has 0 spiro atoms. The zero-order valence-corrected chi connectivity index (χ0v) is 16.7. The van der Waals surface area contributed by atoms with E-state index in [1.807, 2.05) is 24.3 Å². The summed E-state index contributed by atoms with van der Waals surface area (Å²) in [5.74, 6) is 0.181. The monoisotopic (exact) mass is 377 g/mol. The molecule has 0 unspecified atom stereocenters. The lowest BCUT2D eigenvalue weighted by Crippen LogP contribution is -2.40. The molecule has 2 aliphatic heterocycles. The molecule has 2 aliphatic rings. The van der Waals surface area contributed by atoms with Crippen LogP contribution in [0.25, 0.3) is 0 Å². The summed E-state index contributed by atoms with van der Waals surface area (Å²) in [6, 6.07) is 18.6. The van der Waals surface area contributed by atoms with Crippen LogP contribution in [0.5, 0.6) is 0 Å². The number of likely N-dealkylation sites (tertiary alicyclic amines) is 1. The molecule has 0 aliphatic carbocycles. The van der Waals surface area contributed by atoms with Gasteiger partial charge in [0, 0.05) is 38.4 Å². The van der Waals surface area contributed by atoms with E-state index in [2.05, 4.69) is 45.0 Å². The number of benzene rings is 2. The molecule has 4 nitrogen and oxygen atoms in total. The highest BCUT2D eigenvalue weighted by atomic mass is 16.2. The molecule has 148 valence electrons. The Morgan fingerprint density at radius 2 is 1.36 bits per heavy atom. The number of para-hydroxylation sites is 1. The summed E-state index contributed by atoms with van der Waals surface area (Å²) in [7, 11) is 0. The Hall–Kier alpha value is -2.33. The minimum atomic E-state index is 0.181. The molecule has 1 saturated heterocycles. The molecule has 28 heavy (non-hydrogen) atoms. The number of anilines is 1. The number of nitrogens with zero attached hydrogens (tertiary/aromatic N) is 3. The highest BCUT2D eigenvalue weighted by Crippen LogP contribution is 2.26. The Bertz CT molecular complexity index is 768.